The van der Waals surface area contributed by atoms with Crippen LogP contribution < -0.4 is 15.0 Å². The Kier molecular flexibility index (Phi) is 5.53. The van der Waals surface area contributed by atoms with E-state index in [0.717, 1.165) is 0 Å². The number of halogens is 2. The standard InChI is InChI=1S/C21H21ClFN5O3/c1-21(2,3)31-20(29)26-12-9-28(10-12)16-8-7-14-18(27-16)19(25-11-24-14)30-15-6-4-5-13(22)17(15)23/h4-8,11-12H,9-10H2,1-3H3,(H,26,29). The minimum absolute atomic E-state index is 0.0457. The molecule has 1 amide bonds. The predicted molar refractivity (Wildman–Crippen MR) is 114 cm³/mol. The molecule has 10 heteroatoms. The number of pyridine rings is 1. The Hall–Kier alpha value is -3.20. The van der Waals surface area contributed by atoms with E-state index in [0.29, 0.717) is 29.9 Å². The molecule has 1 fully saturated rings. The molecule has 1 aliphatic heterocycles. The van der Waals surface area contributed by atoms with Gasteiger partial charge in [0.05, 0.1) is 16.6 Å². The average Bonchev–Trinajstić information content (AvgIpc) is 2.66. The highest BCUT2D eigenvalue weighted by molar-refractivity contribution is 6.30. The van der Waals surface area contributed by atoms with Crippen LogP contribution in [0.5, 0.6) is 11.6 Å². The fourth-order valence-corrected chi connectivity index (χ4v) is 3.22. The second-order valence-electron chi connectivity index (χ2n) is 8.12. The number of carbonyl (C=O) groups excluding carboxylic acids is 1. The lowest BCUT2D eigenvalue weighted by molar-refractivity contribution is 0.0496. The summed E-state index contributed by atoms with van der Waals surface area (Å²) >= 11 is 5.83. The third kappa shape index (κ3) is 4.77. The summed E-state index contributed by atoms with van der Waals surface area (Å²) in [4.78, 5) is 26.8. The second-order valence-corrected chi connectivity index (χ2v) is 8.53. The van der Waals surface area contributed by atoms with E-state index >= 15 is 0 Å². The number of hydrogen-bond donors (Lipinski definition) is 1. The van der Waals surface area contributed by atoms with E-state index < -0.39 is 17.5 Å². The van der Waals surface area contributed by atoms with Gasteiger partial charge in [-0.1, -0.05) is 17.7 Å². The Bertz CT molecular complexity index is 1130. The number of nitrogens with one attached hydrogen (secondary N) is 1. The quantitative estimate of drug-likeness (QED) is 0.639. The maximum absolute atomic E-state index is 14.2. The van der Waals surface area contributed by atoms with Gasteiger partial charge in [0, 0.05) is 13.1 Å². The molecule has 1 aliphatic rings. The van der Waals surface area contributed by atoms with Crippen LogP contribution in [0.1, 0.15) is 20.8 Å². The first-order valence-electron chi connectivity index (χ1n) is 9.68. The first kappa shape index (κ1) is 21.0. The fraction of sp³-hybridized carbons (Fsp3) is 0.333. The fourth-order valence-electron chi connectivity index (χ4n) is 3.06. The van der Waals surface area contributed by atoms with E-state index in [1.807, 2.05) is 31.7 Å². The minimum atomic E-state index is -0.675. The largest absolute Gasteiger partial charge is 0.444 e. The summed E-state index contributed by atoms with van der Waals surface area (Å²) in [5, 5.41) is 2.78. The zero-order valence-electron chi connectivity index (χ0n) is 17.2. The number of rotatable bonds is 4. The monoisotopic (exact) mass is 445 g/mol. The molecule has 0 spiro atoms. The van der Waals surface area contributed by atoms with Crippen LogP contribution in [-0.2, 0) is 4.74 Å². The third-order valence-corrected chi connectivity index (χ3v) is 4.77. The Balaban J connectivity index is 1.49. The molecule has 0 aliphatic carbocycles. The number of alkyl carbamates (subject to hydrolysis) is 1. The molecule has 0 unspecified atom stereocenters. The highest BCUT2D eigenvalue weighted by Gasteiger charge is 2.31. The van der Waals surface area contributed by atoms with Crippen molar-refractivity contribution in [1.29, 1.82) is 0 Å². The number of carbonyl (C=O) groups is 1. The normalized spacial score (nSPS) is 14.3. The lowest BCUT2D eigenvalue weighted by Crippen LogP contribution is -2.60. The number of aromatic nitrogens is 3. The van der Waals surface area contributed by atoms with Gasteiger partial charge in [-0.3, -0.25) is 0 Å². The smallest absolute Gasteiger partial charge is 0.407 e. The van der Waals surface area contributed by atoms with Crippen molar-refractivity contribution in [2.45, 2.75) is 32.4 Å². The molecule has 2 aromatic heterocycles. The van der Waals surface area contributed by atoms with Gasteiger partial charge in [0.15, 0.2) is 17.1 Å². The van der Waals surface area contributed by atoms with Crippen molar-refractivity contribution in [3.8, 4) is 11.6 Å². The van der Waals surface area contributed by atoms with E-state index in [9.17, 15) is 9.18 Å². The summed E-state index contributed by atoms with van der Waals surface area (Å²) in [6.07, 6.45) is 0.877. The van der Waals surface area contributed by atoms with Crippen molar-refractivity contribution in [3.63, 3.8) is 0 Å². The molecular formula is C21H21ClFN5O3. The minimum Gasteiger partial charge on any atom is -0.444 e. The number of fused-ring (bicyclic) bond motifs is 1. The van der Waals surface area contributed by atoms with E-state index in [1.54, 1.807) is 12.1 Å². The highest BCUT2D eigenvalue weighted by atomic mass is 35.5. The molecule has 3 aromatic rings. The van der Waals surface area contributed by atoms with Crippen LogP contribution in [0, 0.1) is 5.82 Å². The molecule has 31 heavy (non-hydrogen) atoms. The molecule has 0 atom stereocenters. The zero-order valence-corrected chi connectivity index (χ0v) is 18.0. The molecule has 0 radical (unpaired) electrons. The molecule has 1 saturated heterocycles. The van der Waals surface area contributed by atoms with Crippen LogP contribution in [0.25, 0.3) is 11.0 Å². The first-order chi connectivity index (χ1) is 14.7. The highest BCUT2D eigenvalue weighted by Crippen LogP contribution is 2.31. The van der Waals surface area contributed by atoms with Gasteiger partial charge in [-0.2, -0.15) is 4.98 Å². The molecule has 8 nitrogen and oxygen atoms in total. The number of benzene rings is 1. The maximum Gasteiger partial charge on any atom is 0.407 e. The maximum atomic E-state index is 14.2. The van der Waals surface area contributed by atoms with Gasteiger partial charge in [0.25, 0.3) is 0 Å². The average molecular weight is 446 g/mol. The van der Waals surface area contributed by atoms with Crippen LogP contribution in [0.15, 0.2) is 36.7 Å². The van der Waals surface area contributed by atoms with Crippen LogP contribution in [0.3, 0.4) is 0 Å². The summed E-state index contributed by atoms with van der Waals surface area (Å²) in [6, 6.07) is 8.04. The molecule has 0 saturated carbocycles. The molecular weight excluding hydrogens is 425 g/mol. The van der Waals surface area contributed by atoms with E-state index in [2.05, 4.69) is 20.3 Å². The number of amides is 1. The lowest BCUT2D eigenvalue weighted by atomic mass is 10.1. The second kappa shape index (κ2) is 8.14. The van der Waals surface area contributed by atoms with Gasteiger partial charge in [-0.05, 0) is 45.0 Å². The van der Waals surface area contributed by atoms with Crippen LogP contribution >= 0.6 is 11.6 Å². The summed E-state index contributed by atoms with van der Waals surface area (Å²) in [5.41, 5.74) is 0.398. The third-order valence-electron chi connectivity index (χ3n) is 4.48. The van der Waals surface area contributed by atoms with E-state index in [-0.39, 0.29) is 22.7 Å². The Morgan fingerprint density at radius 1 is 1.23 bits per heavy atom. The van der Waals surface area contributed by atoms with Gasteiger partial charge in [0.2, 0.25) is 5.88 Å². The van der Waals surface area contributed by atoms with Crippen molar-refractivity contribution >= 4 is 34.5 Å². The number of ether oxygens (including phenoxy) is 2. The van der Waals surface area contributed by atoms with E-state index in [1.165, 1.54) is 18.5 Å². The summed E-state index contributed by atoms with van der Waals surface area (Å²) in [6.45, 7) is 6.59. The van der Waals surface area contributed by atoms with Crippen molar-refractivity contribution in [2.75, 3.05) is 18.0 Å². The Morgan fingerprint density at radius 3 is 2.74 bits per heavy atom. The lowest BCUT2D eigenvalue weighted by Gasteiger charge is -2.40. The molecule has 1 aromatic carbocycles. The summed E-state index contributed by atoms with van der Waals surface area (Å²) in [7, 11) is 0. The summed E-state index contributed by atoms with van der Waals surface area (Å²) < 4.78 is 25.2. The van der Waals surface area contributed by atoms with Crippen molar-refractivity contribution in [2.24, 2.45) is 0 Å². The molecule has 162 valence electrons. The number of hydrogen-bond acceptors (Lipinski definition) is 7. The van der Waals surface area contributed by atoms with Gasteiger partial charge < -0.3 is 19.7 Å². The topological polar surface area (TPSA) is 89.5 Å². The first-order valence-corrected chi connectivity index (χ1v) is 10.1. The molecule has 1 N–H and O–H groups in total. The van der Waals surface area contributed by atoms with Crippen LogP contribution in [0.2, 0.25) is 5.02 Å². The van der Waals surface area contributed by atoms with Crippen molar-refractivity contribution in [3.05, 3.63) is 47.5 Å². The zero-order chi connectivity index (χ0) is 22.2. The summed E-state index contributed by atoms with van der Waals surface area (Å²) in [5.74, 6) is 0.0640. The van der Waals surface area contributed by atoms with Crippen LogP contribution in [0.4, 0.5) is 15.0 Å². The number of nitrogens with zero attached hydrogens (tertiary/aromatic N) is 4. The van der Waals surface area contributed by atoms with Gasteiger partial charge in [0.1, 0.15) is 17.7 Å². The Labute approximate surface area is 183 Å². The Morgan fingerprint density at radius 2 is 2.00 bits per heavy atom. The van der Waals surface area contributed by atoms with Gasteiger partial charge in [-0.25, -0.2) is 19.2 Å². The van der Waals surface area contributed by atoms with Gasteiger partial charge >= 0.3 is 6.09 Å². The number of anilines is 1. The SMILES string of the molecule is CC(C)(C)OC(=O)NC1CN(c2ccc3ncnc(Oc4cccc(Cl)c4F)c3n2)C1. The predicted octanol–water partition coefficient (Wildman–Crippen LogP) is 4.32. The van der Waals surface area contributed by atoms with E-state index in [4.69, 9.17) is 21.1 Å². The van der Waals surface area contributed by atoms with Crippen LogP contribution in [-0.4, -0.2) is 45.8 Å². The molecule has 0 bridgehead atoms. The molecule has 3 heterocycles. The van der Waals surface area contributed by atoms with Crippen molar-refractivity contribution in [1.82, 2.24) is 20.3 Å². The van der Waals surface area contributed by atoms with Crippen molar-refractivity contribution < 1.29 is 18.7 Å². The van der Waals surface area contributed by atoms with Gasteiger partial charge in [-0.15, -0.1) is 0 Å². The molecule has 4 rings (SSSR count).